The minimum absolute atomic E-state index is 0.434. The van der Waals surface area contributed by atoms with Gasteiger partial charge in [0.15, 0.2) is 0 Å². The Kier molecular flexibility index (Phi) is 5.17. The molecule has 0 radical (unpaired) electrons. The highest BCUT2D eigenvalue weighted by Gasteiger charge is 2.25. The lowest BCUT2D eigenvalue weighted by molar-refractivity contribution is -0.137. The standard InChI is InChI=1S/C3H10O7P2S/c1-3(2)8-12(7,13)10-9-11(4,5)6/h3H,1-2H3,(H,7,13)(H2,4,5,6). The molecule has 0 aromatic rings. The van der Waals surface area contributed by atoms with Crippen LogP contribution in [0.25, 0.3) is 0 Å². The summed E-state index contributed by atoms with van der Waals surface area (Å²) in [6.07, 6.45) is -0.434. The summed E-state index contributed by atoms with van der Waals surface area (Å²) in [6, 6.07) is 0. The molecule has 0 aromatic heterocycles. The highest BCUT2D eigenvalue weighted by atomic mass is 32.5. The van der Waals surface area contributed by atoms with E-state index in [9.17, 15) is 4.57 Å². The van der Waals surface area contributed by atoms with Crippen LogP contribution in [0.2, 0.25) is 0 Å². The summed E-state index contributed by atoms with van der Waals surface area (Å²) in [5.41, 5.74) is 0. The second kappa shape index (κ2) is 4.93. The van der Waals surface area contributed by atoms with Crippen molar-refractivity contribution in [3.8, 4) is 0 Å². The van der Waals surface area contributed by atoms with Gasteiger partial charge in [-0.05, 0) is 25.7 Å². The van der Waals surface area contributed by atoms with Crippen molar-refractivity contribution in [2.24, 2.45) is 0 Å². The first-order valence-electron chi connectivity index (χ1n) is 3.07. The fraction of sp³-hybridized carbons (Fsp3) is 1.00. The van der Waals surface area contributed by atoms with Crippen molar-refractivity contribution in [1.29, 1.82) is 0 Å². The molecule has 0 saturated heterocycles. The largest absolute Gasteiger partial charge is 0.497 e. The van der Waals surface area contributed by atoms with E-state index in [1.165, 1.54) is 0 Å². The van der Waals surface area contributed by atoms with E-state index in [0.717, 1.165) is 0 Å². The first-order chi connectivity index (χ1) is 5.62. The van der Waals surface area contributed by atoms with E-state index in [1.54, 1.807) is 13.8 Å². The van der Waals surface area contributed by atoms with Gasteiger partial charge in [0.2, 0.25) is 0 Å². The lowest BCUT2D eigenvalue weighted by Gasteiger charge is -2.16. The van der Waals surface area contributed by atoms with Crippen molar-refractivity contribution in [1.82, 2.24) is 0 Å². The van der Waals surface area contributed by atoms with Gasteiger partial charge in [0.05, 0.1) is 6.10 Å². The van der Waals surface area contributed by atoms with Crippen LogP contribution in [0, 0.1) is 0 Å². The molecular weight excluding hydrogens is 242 g/mol. The Hall–Kier alpha value is 0.640. The third-order valence-corrected chi connectivity index (χ3v) is 2.35. The Morgan fingerprint density at radius 3 is 2.00 bits per heavy atom. The van der Waals surface area contributed by atoms with Crippen LogP contribution in [0.3, 0.4) is 0 Å². The van der Waals surface area contributed by atoms with Gasteiger partial charge in [-0.3, -0.25) is 0 Å². The monoisotopic (exact) mass is 252 g/mol. The summed E-state index contributed by atoms with van der Waals surface area (Å²) in [7, 11) is -4.81. The average Bonchev–Trinajstić information content (AvgIpc) is 1.79. The molecule has 1 atom stereocenters. The van der Waals surface area contributed by atoms with E-state index in [-0.39, 0.29) is 0 Å². The van der Waals surface area contributed by atoms with Crippen LogP contribution >= 0.6 is 14.5 Å². The van der Waals surface area contributed by atoms with Gasteiger partial charge in [-0.1, -0.05) is 0 Å². The molecule has 0 bridgehead atoms. The Morgan fingerprint density at radius 1 is 1.23 bits per heavy atom. The van der Waals surface area contributed by atoms with E-state index in [1.807, 2.05) is 0 Å². The molecule has 1 unspecified atom stereocenters. The predicted octanol–water partition coefficient (Wildman–Crippen LogP) is 0.669. The molecule has 13 heavy (non-hydrogen) atoms. The summed E-state index contributed by atoms with van der Waals surface area (Å²) in [4.78, 5) is 25.4. The Bertz CT molecular complexity index is 246. The van der Waals surface area contributed by atoms with E-state index < -0.39 is 20.6 Å². The first kappa shape index (κ1) is 13.6. The van der Waals surface area contributed by atoms with Gasteiger partial charge >= 0.3 is 14.5 Å². The molecule has 0 spiro atoms. The van der Waals surface area contributed by atoms with Crippen LogP contribution in [0.1, 0.15) is 13.8 Å². The van der Waals surface area contributed by atoms with Gasteiger partial charge in [-0.25, -0.2) is 4.57 Å². The highest BCUT2D eigenvalue weighted by molar-refractivity contribution is 8.07. The lowest BCUT2D eigenvalue weighted by atomic mass is 10.5. The number of rotatable bonds is 5. The third-order valence-electron chi connectivity index (χ3n) is 0.569. The number of phosphoric acid groups is 1. The zero-order valence-corrected chi connectivity index (χ0v) is 9.46. The summed E-state index contributed by atoms with van der Waals surface area (Å²) >= 11 is 4.34. The van der Waals surface area contributed by atoms with Crippen molar-refractivity contribution in [2.45, 2.75) is 20.0 Å². The van der Waals surface area contributed by atoms with Gasteiger partial charge in [0, 0.05) is 0 Å². The average molecular weight is 252 g/mol. The van der Waals surface area contributed by atoms with Gasteiger partial charge < -0.3 is 19.2 Å². The molecule has 0 aliphatic rings. The molecule has 7 nitrogen and oxygen atoms in total. The molecule has 0 fully saturated rings. The number of hydrogen-bond acceptors (Lipinski definition) is 5. The van der Waals surface area contributed by atoms with Crippen LogP contribution in [-0.4, -0.2) is 20.8 Å². The molecule has 10 heteroatoms. The molecule has 0 aromatic carbocycles. The molecule has 0 amide bonds. The van der Waals surface area contributed by atoms with Crippen LogP contribution in [0.15, 0.2) is 0 Å². The fourth-order valence-corrected chi connectivity index (χ4v) is 2.38. The normalized spacial score (nSPS) is 17.4. The van der Waals surface area contributed by atoms with Gasteiger partial charge in [-0.2, -0.15) is 0 Å². The third kappa shape index (κ3) is 8.96. The van der Waals surface area contributed by atoms with Gasteiger partial charge in [0.1, 0.15) is 0 Å². The molecule has 0 rings (SSSR count). The van der Waals surface area contributed by atoms with E-state index >= 15 is 0 Å². The van der Waals surface area contributed by atoms with E-state index in [2.05, 4.69) is 25.7 Å². The maximum atomic E-state index is 10.1. The second-order valence-electron chi connectivity index (χ2n) is 2.26. The lowest BCUT2D eigenvalue weighted by Crippen LogP contribution is -2.02. The van der Waals surface area contributed by atoms with Crippen molar-refractivity contribution in [3.05, 3.63) is 0 Å². The van der Waals surface area contributed by atoms with Crippen LogP contribution in [0.5, 0.6) is 0 Å². The van der Waals surface area contributed by atoms with Gasteiger partial charge in [0.25, 0.3) is 0 Å². The molecule has 0 aliphatic heterocycles. The zero-order chi connectivity index (χ0) is 10.7. The molecule has 0 aliphatic carbocycles. The van der Waals surface area contributed by atoms with Crippen LogP contribution in [0.4, 0.5) is 0 Å². The van der Waals surface area contributed by atoms with Gasteiger partial charge in [-0.15, -0.1) is 9.35 Å². The minimum atomic E-state index is -4.81. The zero-order valence-electron chi connectivity index (χ0n) is 6.85. The maximum Gasteiger partial charge on any atom is 0.497 e. The quantitative estimate of drug-likeness (QED) is 0.372. The van der Waals surface area contributed by atoms with Crippen molar-refractivity contribution >= 4 is 26.3 Å². The smallest absolute Gasteiger partial charge is 0.323 e. The molecule has 80 valence electrons. The molecule has 0 heterocycles. The Labute approximate surface area is 80.1 Å². The fourth-order valence-electron chi connectivity index (χ4n) is 0.370. The topological polar surface area (TPSA) is 105 Å². The summed E-state index contributed by atoms with van der Waals surface area (Å²) in [5.74, 6) is 0. The predicted molar refractivity (Wildman–Crippen MR) is 46.9 cm³/mol. The van der Waals surface area contributed by atoms with Crippen molar-refractivity contribution < 1.29 is 33.1 Å². The van der Waals surface area contributed by atoms with Crippen molar-refractivity contribution in [3.63, 3.8) is 0 Å². The highest BCUT2D eigenvalue weighted by Crippen LogP contribution is 2.50. The number of hydrogen-bond donors (Lipinski definition) is 3. The van der Waals surface area contributed by atoms with Crippen LogP contribution in [-0.2, 0) is 30.2 Å². The Morgan fingerprint density at radius 2 is 1.69 bits per heavy atom. The summed E-state index contributed by atoms with van der Waals surface area (Å²) in [6.45, 7) is -0.591. The molecule has 0 saturated carbocycles. The molecule has 3 N–H and O–H groups in total. The Balaban J connectivity index is 4.05. The minimum Gasteiger partial charge on any atom is -0.323 e. The van der Waals surface area contributed by atoms with E-state index in [4.69, 9.17) is 14.7 Å². The second-order valence-corrected chi connectivity index (χ2v) is 6.07. The first-order valence-corrected chi connectivity index (χ1v) is 7.19. The SMILES string of the molecule is CC(C)OP(O)(=S)OOP(=O)(O)O. The maximum absolute atomic E-state index is 10.1. The van der Waals surface area contributed by atoms with Crippen LogP contribution < -0.4 is 0 Å². The summed E-state index contributed by atoms with van der Waals surface area (Å²) in [5, 5.41) is 0. The molecular formula is C3H10O7P2S. The summed E-state index contributed by atoms with van der Waals surface area (Å²) < 4.78 is 22.2. The van der Waals surface area contributed by atoms with E-state index in [0.29, 0.717) is 0 Å². The van der Waals surface area contributed by atoms with Crippen molar-refractivity contribution in [2.75, 3.05) is 0 Å².